The highest BCUT2D eigenvalue weighted by atomic mass is 32.2. The maximum absolute atomic E-state index is 2.54. The molecule has 1 saturated heterocycles. The molecule has 1 rings (SSSR count). The summed E-state index contributed by atoms with van der Waals surface area (Å²) in [6.45, 7) is 19.5. The zero-order chi connectivity index (χ0) is 16.5. The topological polar surface area (TPSA) is 6.48 Å². The van der Waals surface area contributed by atoms with Gasteiger partial charge in [-0.3, -0.25) is 4.31 Å². The summed E-state index contributed by atoms with van der Waals surface area (Å²) in [7, 11) is 0. The van der Waals surface area contributed by atoms with Gasteiger partial charge in [0.25, 0.3) is 0 Å². The van der Waals surface area contributed by atoms with Crippen molar-refractivity contribution in [3.05, 3.63) is 0 Å². The van der Waals surface area contributed by atoms with Gasteiger partial charge >= 0.3 is 0 Å². The van der Waals surface area contributed by atoms with E-state index in [2.05, 4.69) is 43.2 Å². The quantitative estimate of drug-likeness (QED) is 0.569. The molecule has 1 fully saturated rings. The highest BCUT2D eigenvalue weighted by Gasteiger charge is 2.13. The SMILES string of the molecule is CC.CCCN(CCC)CCC.CSN1CCC(C)CC1. The van der Waals surface area contributed by atoms with Crippen molar-refractivity contribution in [1.29, 1.82) is 0 Å². The van der Waals surface area contributed by atoms with Crippen LogP contribution in [0.4, 0.5) is 0 Å². The lowest BCUT2D eigenvalue weighted by atomic mass is 10.0. The van der Waals surface area contributed by atoms with Crippen LogP contribution in [0.2, 0.25) is 0 Å². The van der Waals surface area contributed by atoms with Gasteiger partial charge in [0.1, 0.15) is 0 Å². The number of nitrogens with zero attached hydrogens (tertiary/aromatic N) is 2. The van der Waals surface area contributed by atoms with Crippen LogP contribution in [0.15, 0.2) is 0 Å². The van der Waals surface area contributed by atoms with E-state index in [0.29, 0.717) is 0 Å². The van der Waals surface area contributed by atoms with E-state index in [1.807, 2.05) is 25.8 Å². The van der Waals surface area contributed by atoms with Crippen molar-refractivity contribution in [3.63, 3.8) is 0 Å². The van der Waals surface area contributed by atoms with Crippen molar-refractivity contribution in [2.75, 3.05) is 39.0 Å². The van der Waals surface area contributed by atoms with E-state index >= 15 is 0 Å². The van der Waals surface area contributed by atoms with Gasteiger partial charge in [-0.15, -0.1) is 0 Å². The predicted octanol–water partition coefficient (Wildman–Crippen LogP) is 5.54. The molecule has 0 atom stereocenters. The highest BCUT2D eigenvalue weighted by molar-refractivity contribution is 7.96. The Hall–Kier alpha value is 0.270. The van der Waals surface area contributed by atoms with Crippen LogP contribution >= 0.6 is 11.9 Å². The molecule has 0 radical (unpaired) electrons. The second-order valence-electron chi connectivity index (χ2n) is 5.64. The first-order valence-corrected chi connectivity index (χ1v) is 10.4. The first kappa shape index (κ1) is 23.5. The molecule has 0 aromatic carbocycles. The van der Waals surface area contributed by atoms with Gasteiger partial charge in [0.15, 0.2) is 0 Å². The summed E-state index contributed by atoms with van der Waals surface area (Å²) in [5.41, 5.74) is 0. The third-order valence-corrected chi connectivity index (χ3v) is 4.50. The van der Waals surface area contributed by atoms with Gasteiger partial charge in [-0.1, -0.05) is 53.5 Å². The van der Waals surface area contributed by atoms with E-state index in [1.165, 1.54) is 64.8 Å². The fraction of sp³-hybridized carbons (Fsp3) is 1.00. The summed E-state index contributed by atoms with van der Waals surface area (Å²) in [6.07, 6.45) is 8.82. The monoisotopic (exact) mass is 318 g/mol. The van der Waals surface area contributed by atoms with Crippen molar-refractivity contribution in [2.45, 2.75) is 73.6 Å². The largest absolute Gasteiger partial charge is 0.303 e. The van der Waals surface area contributed by atoms with Crippen molar-refractivity contribution in [3.8, 4) is 0 Å². The summed E-state index contributed by atoms with van der Waals surface area (Å²) in [5.74, 6) is 0.966. The number of piperidine rings is 1. The maximum Gasteiger partial charge on any atom is 0.00917 e. The van der Waals surface area contributed by atoms with E-state index in [4.69, 9.17) is 0 Å². The van der Waals surface area contributed by atoms with Crippen LogP contribution in [-0.4, -0.2) is 48.2 Å². The minimum absolute atomic E-state index is 0.966. The van der Waals surface area contributed by atoms with Gasteiger partial charge in [-0.05, 0) is 63.9 Å². The van der Waals surface area contributed by atoms with Crippen molar-refractivity contribution < 1.29 is 0 Å². The Bertz CT molecular complexity index is 166. The third kappa shape index (κ3) is 15.0. The molecule has 0 aliphatic carbocycles. The molecule has 0 aromatic rings. The summed E-state index contributed by atoms with van der Waals surface area (Å²) in [4.78, 5) is 2.54. The average molecular weight is 319 g/mol. The van der Waals surface area contributed by atoms with E-state index in [-0.39, 0.29) is 0 Å². The Labute approximate surface area is 140 Å². The maximum atomic E-state index is 2.54. The van der Waals surface area contributed by atoms with Gasteiger partial charge in [0.05, 0.1) is 0 Å². The molecule has 2 nitrogen and oxygen atoms in total. The first-order valence-electron chi connectivity index (χ1n) is 9.19. The average Bonchev–Trinajstić information content (AvgIpc) is 2.52. The lowest BCUT2D eigenvalue weighted by Gasteiger charge is -2.27. The molecule has 0 amide bonds. The lowest BCUT2D eigenvalue weighted by Crippen LogP contribution is -2.26. The van der Waals surface area contributed by atoms with Crippen LogP contribution in [-0.2, 0) is 0 Å². The third-order valence-electron chi connectivity index (χ3n) is 3.62. The molecule has 1 aliphatic rings. The Morgan fingerprint density at radius 1 is 0.905 bits per heavy atom. The molecule has 1 heterocycles. The van der Waals surface area contributed by atoms with Gasteiger partial charge in [0, 0.05) is 13.1 Å². The Kier molecular flexibility index (Phi) is 20.5. The Morgan fingerprint density at radius 2 is 1.29 bits per heavy atom. The summed E-state index contributed by atoms with van der Waals surface area (Å²) >= 11 is 1.88. The fourth-order valence-corrected chi connectivity index (χ4v) is 3.03. The van der Waals surface area contributed by atoms with Crippen LogP contribution in [0.3, 0.4) is 0 Å². The lowest BCUT2D eigenvalue weighted by molar-refractivity contribution is 0.275. The number of rotatable bonds is 7. The molecule has 3 heteroatoms. The smallest absolute Gasteiger partial charge is 0.00917 e. The van der Waals surface area contributed by atoms with Crippen LogP contribution < -0.4 is 0 Å². The van der Waals surface area contributed by atoms with Gasteiger partial charge in [-0.2, -0.15) is 0 Å². The van der Waals surface area contributed by atoms with E-state index in [0.717, 1.165) is 5.92 Å². The van der Waals surface area contributed by atoms with Gasteiger partial charge < -0.3 is 4.90 Å². The summed E-state index contributed by atoms with van der Waals surface area (Å²) < 4.78 is 2.44. The molecule has 0 saturated carbocycles. The molecule has 0 spiro atoms. The van der Waals surface area contributed by atoms with Crippen LogP contribution in [0, 0.1) is 5.92 Å². The molecule has 0 aromatic heterocycles. The Morgan fingerprint density at radius 3 is 1.57 bits per heavy atom. The van der Waals surface area contributed by atoms with Gasteiger partial charge in [0.2, 0.25) is 0 Å². The second-order valence-corrected chi connectivity index (χ2v) is 6.52. The molecule has 0 N–H and O–H groups in total. The molecular formula is C18H42N2S. The van der Waals surface area contributed by atoms with Crippen molar-refractivity contribution >= 4 is 11.9 Å². The van der Waals surface area contributed by atoms with Crippen molar-refractivity contribution in [1.82, 2.24) is 9.21 Å². The van der Waals surface area contributed by atoms with Crippen LogP contribution in [0.5, 0.6) is 0 Å². The molecule has 0 unspecified atom stereocenters. The van der Waals surface area contributed by atoms with E-state index in [9.17, 15) is 0 Å². The van der Waals surface area contributed by atoms with Crippen LogP contribution in [0.1, 0.15) is 73.6 Å². The predicted molar refractivity (Wildman–Crippen MR) is 102 cm³/mol. The molecule has 0 bridgehead atoms. The molecular weight excluding hydrogens is 276 g/mol. The number of hydrogen-bond donors (Lipinski definition) is 0. The van der Waals surface area contributed by atoms with E-state index in [1.54, 1.807) is 0 Å². The van der Waals surface area contributed by atoms with Crippen molar-refractivity contribution in [2.24, 2.45) is 5.92 Å². The zero-order valence-corrected chi connectivity index (χ0v) is 16.8. The standard InChI is InChI=1S/C9H21N.C7H15NS.C2H6/c1-4-7-10(8-5-2)9-6-3;1-7-3-5-8(9-2)6-4-7;1-2/h4-9H2,1-3H3;7H,3-6H2,1-2H3;1-2H3. The Balaban J connectivity index is 0. The second kappa shape index (κ2) is 18.3. The van der Waals surface area contributed by atoms with E-state index < -0.39 is 0 Å². The minimum atomic E-state index is 0.966. The van der Waals surface area contributed by atoms with Crippen LogP contribution in [0.25, 0.3) is 0 Å². The minimum Gasteiger partial charge on any atom is -0.303 e. The fourth-order valence-electron chi connectivity index (χ4n) is 2.45. The molecule has 130 valence electrons. The molecule has 21 heavy (non-hydrogen) atoms. The summed E-state index contributed by atoms with van der Waals surface area (Å²) in [6, 6.07) is 0. The van der Waals surface area contributed by atoms with Gasteiger partial charge in [-0.25, -0.2) is 0 Å². The summed E-state index contributed by atoms with van der Waals surface area (Å²) in [5, 5.41) is 0. The molecule has 1 aliphatic heterocycles. The normalized spacial score (nSPS) is 16.0. The highest BCUT2D eigenvalue weighted by Crippen LogP contribution is 2.19. The zero-order valence-electron chi connectivity index (χ0n) is 16.0. The first-order chi connectivity index (χ1) is 10.2. The number of hydrogen-bond acceptors (Lipinski definition) is 3.